The molecule has 0 aliphatic carbocycles. The number of piperidine rings is 1. The first-order valence-electron chi connectivity index (χ1n) is 8.13. The molecule has 2 aromatic heterocycles. The van der Waals surface area contributed by atoms with E-state index < -0.39 is 0 Å². The summed E-state index contributed by atoms with van der Waals surface area (Å²) in [6.07, 6.45) is 7.54. The van der Waals surface area contributed by atoms with Crippen molar-refractivity contribution in [3.05, 3.63) is 43.0 Å². The van der Waals surface area contributed by atoms with Crippen LogP contribution in [0.2, 0.25) is 0 Å². The molecule has 1 N–H and O–H groups in total. The van der Waals surface area contributed by atoms with E-state index in [4.69, 9.17) is 4.74 Å². The maximum absolute atomic E-state index is 5.34. The Kier molecular flexibility index (Phi) is 3.90. The second kappa shape index (κ2) is 6.35. The summed E-state index contributed by atoms with van der Waals surface area (Å²) >= 11 is 0. The Morgan fingerprint density at radius 1 is 1.33 bits per heavy atom. The Morgan fingerprint density at radius 3 is 3.21 bits per heavy atom. The predicted octanol–water partition coefficient (Wildman–Crippen LogP) is 2.21. The van der Waals surface area contributed by atoms with Gasteiger partial charge in [-0.25, -0.2) is 4.98 Å². The Hall–Kier alpha value is -2.83. The highest BCUT2D eigenvalue weighted by Gasteiger charge is 2.21. The number of nitrogens with one attached hydrogen (secondary N) is 1. The molecule has 3 aromatic rings. The fourth-order valence-corrected chi connectivity index (χ4v) is 3.19. The number of anilines is 2. The minimum absolute atomic E-state index is 0.320. The molecule has 0 saturated carbocycles. The van der Waals surface area contributed by atoms with Crippen molar-refractivity contribution in [2.24, 2.45) is 0 Å². The van der Waals surface area contributed by atoms with Gasteiger partial charge in [-0.15, -0.1) is 10.2 Å². The molecule has 1 unspecified atom stereocenters. The third-order valence-corrected chi connectivity index (χ3v) is 4.40. The van der Waals surface area contributed by atoms with Crippen LogP contribution in [0.15, 0.2) is 43.0 Å². The maximum atomic E-state index is 5.34. The molecule has 0 bridgehead atoms. The lowest BCUT2D eigenvalue weighted by Gasteiger charge is -2.35. The number of nitrogens with zero attached hydrogens (tertiary/aromatic N) is 5. The number of hydrogen-bond donors (Lipinski definition) is 1. The van der Waals surface area contributed by atoms with E-state index in [1.807, 2.05) is 22.7 Å². The molecule has 7 heteroatoms. The Bertz CT molecular complexity index is 833. The van der Waals surface area contributed by atoms with E-state index in [2.05, 4.69) is 37.5 Å². The van der Waals surface area contributed by atoms with Gasteiger partial charge in [0.15, 0.2) is 5.82 Å². The average Bonchev–Trinajstić information content (AvgIpc) is 3.12. The lowest BCUT2D eigenvalue weighted by atomic mass is 10.0. The van der Waals surface area contributed by atoms with Gasteiger partial charge in [-0.05, 0) is 25.0 Å². The van der Waals surface area contributed by atoms with Crippen molar-refractivity contribution in [3.63, 3.8) is 0 Å². The Balaban J connectivity index is 1.51. The van der Waals surface area contributed by atoms with Crippen LogP contribution in [0.3, 0.4) is 0 Å². The summed E-state index contributed by atoms with van der Waals surface area (Å²) in [5.41, 5.74) is 1.95. The molecule has 1 fully saturated rings. The van der Waals surface area contributed by atoms with Crippen LogP contribution >= 0.6 is 0 Å². The smallest absolute Gasteiger partial charge is 0.203 e. The molecular weight excluding hydrogens is 304 g/mol. The standard InChI is InChI=1S/C17H20N6O/c1-24-15-6-2-5-14(10-15)22-8-3-4-13(11-22)20-16-17-21-19-12-23(17)9-7-18-16/h2,5-7,9-10,12-13H,3-4,8,11H2,1H3,(H,18,20). The monoisotopic (exact) mass is 324 g/mol. The number of aromatic nitrogens is 4. The summed E-state index contributed by atoms with van der Waals surface area (Å²) in [4.78, 5) is 6.81. The second-order valence-corrected chi connectivity index (χ2v) is 5.97. The highest BCUT2D eigenvalue weighted by molar-refractivity contribution is 5.62. The largest absolute Gasteiger partial charge is 0.497 e. The normalized spacial score (nSPS) is 17.9. The lowest BCUT2D eigenvalue weighted by molar-refractivity contribution is 0.414. The third-order valence-electron chi connectivity index (χ3n) is 4.40. The molecule has 24 heavy (non-hydrogen) atoms. The Labute approximate surface area is 140 Å². The number of fused-ring (bicyclic) bond motifs is 1. The third kappa shape index (κ3) is 2.84. The molecular formula is C17H20N6O. The number of methoxy groups -OCH3 is 1. The van der Waals surface area contributed by atoms with Crippen LogP contribution in [0, 0.1) is 0 Å². The zero-order chi connectivity index (χ0) is 16.4. The van der Waals surface area contributed by atoms with E-state index in [0.29, 0.717) is 6.04 Å². The van der Waals surface area contributed by atoms with E-state index >= 15 is 0 Å². The quantitative estimate of drug-likeness (QED) is 0.794. The van der Waals surface area contributed by atoms with Gasteiger partial charge in [0.2, 0.25) is 5.65 Å². The van der Waals surface area contributed by atoms with Crippen molar-refractivity contribution in [2.75, 3.05) is 30.4 Å². The maximum Gasteiger partial charge on any atom is 0.203 e. The minimum atomic E-state index is 0.320. The molecule has 1 aliphatic rings. The molecule has 124 valence electrons. The first-order valence-corrected chi connectivity index (χ1v) is 8.13. The van der Waals surface area contributed by atoms with E-state index in [1.54, 1.807) is 19.6 Å². The lowest BCUT2D eigenvalue weighted by Crippen LogP contribution is -2.42. The molecule has 0 spiro atoms. The summed E-state index contributed by atoms with van der Waals surface area (Å²) < 4.78 is 7.21. The van der Waals surface area contributed by atoms with Crippen molar-refractivity contribution >= 4 is 17.2 Å². The first-order chi connectivity index (χ1) is 11.8. The summed E-state index contributed by atoms with van der Waals surface area (Å²) in [6, 6.07) is 8.53. The topological polar surface area (TPSA) is 67.6 Å². The van der Waals surface area contributed by atoms with Gasteiger partial charge in [-0.3, -0.25) is 4.40 Å². The highest BCUT2D eigenvalue weighted by atomic mass is 16.5. The van der Waals surface area contributed by atoms with E-state index in [-0.39, 0.29) is 0 Å². The van der Waals surface area contributed by atoms with Crippen LogP contribution in [-0.2, 0) is 0 Å². The average molecular weight is 324 g/mol. The molecule has 4 rings (SSSR count). The van der Waals surface area contributed by atoms with Gasteiger partial charge in [0.1, 0.15) is 12.1 Å². The summed E-state index contributed by atoms with van der Waals surface area (Å²) in [6.45, 7) is 1.97. The molecule has 3 heterocycles. The number of rotatable bonds is 4. The summed E-state index contributed by atoms with van der Waals surface area (Å²) in [5, 5.41) is 11.6. The second-order valence-electron chi connectivity index (χ2n) is 5.97. The molecule has 1 aliphatic heterocycles. The zero-order valence-electron chi connectivity index (χ0n) is 13.6. The summed E-state index contributed by atoms with van der Waals surface area (Å²) in [7, 11) is 1.70. The fraction of sp³-hybridized carbons (Fsp3) is 0.353. The Morgan fingerprint density at radius 2 is 2.29 bits per heavy atom. The van der Waals surface area contributed by atoms with Crippen LogP contribution in [0.25, 0.3) is 5.65 Å². The van der Waals surface area contributed by atoms with Crippen molar-refractivity contribution in [3.8, 4) is 5.75 Å². The van der Waals surface area contributed by atoms with E-state index in [0.717, 1.165) is 43.1 Å². The van der Waals surface area contributed by atoms with E-state index in [9.17, 15) is 0 Å². The van der Waals surface area contributed by atoms with Gasteiger partial charge in [-0.1, -0.05) is 6.07 Å². The minimum Gasteiger partial charge on any atom is -0.497 e. The van der Waals surface area contributed by atoms with Crippen molar-refractivity contribution in [1.29, 1.82) is 0 Å². The molecule has 0 amide bonds. The molecule has 1 atom stereocenters. The SMILES string of the molecule is COc1cccc(N2CCCC(Nc3nccn4cnnc34)C2)c1. The van der Waals surface area contributed by atoms with Crippen LogP contribution < -0.4 is 15.0 Å². The molecule has 1 aromatic carbocycles. The van der Waals surface area contributed by atoms with Crippen LogP contribution in [0.5, 0.6) is 5.75 Å². The van der Waals surface area contributed by atoms with Crippen LogP contribution in [0.4, 0.5) is 11.5 Å². The van der Waals surface area contributed by atoms with Crippen LogP contribution in [-0.4, -0.2) is 45.8 Å². The van der Waals surface area contributed by atoms with E-state index in [1.165, 1.54) is 5.69 Å². The number of benzene rings is 1. The van der Waals surface area contributed by atoms with Crippen molar-refractivity contribution in [2.45, 2.75) is 18.9 Å². The number of ether oxygens (including phenoxy) is 1. The van der Waals surface area contributed by atoms with Gasteiger partial charge in [0.25, 0.3) is 0 Å². The zero-order valence-corrected chi connectivity index (χ0v) is 13.6. The highest BCUT2D eigenvalue weighted by Crippen LogP contribution is 2.25. The van der Waals surface area contributed by atoms with Gasteiger partial charge >= 0.3 is 0 Å². The van der Waals surface area contributed by atoms with Crippen LogP contribution in [0.1, 0.15) is 12.8 Å². The first kappa shape index (κ1) is 14.7. The number of hydrogen-bond acceptors (Lipinski definition) is 6. The van der Waals surface area contributed by atoms with Crippen molar-refractivity contribution in [1.82, 2.24) is 19.6 Å². The van der Waals surface area contributed by atoms with Gasteiger partial charge in [0.05, 0.1) is 7.11 Å². The van der Waals surface area contributed by atoms with Gasteiger partial charge in [-0.2, -0.15) is 0 Å². The van der Waals surface area contributed by atoms with Gasteiger partial charge in [0, 0.05) is 43.3 Å². The molecule has 7 nitrogen and oxygen atoms in total. The summed E-state index contributed by atoms with van der Waals surface area (Å²) in [5.74, 6) is 1.67. The molecule has 0 radical (unpaired) electrons. The fourth-order valence-electron chi connectivity index (χ4n) is 3.19. The predicted molar refractivity (Wildman–Crippen MR) is 92.6 cm³/mol. The van der Waals surface area contributed by atoms with Crippen molar-refractivity contribution < 1.29 is 4.74 Å². The molecule has 1 saturated heterocycles. The van der Waals surface area contributed by atoms with Gasteiger partial charge < -0.3 is 15.0 Å².